The van der Waals surface area contributed by atoms with Gasteiger partial charge in [0.05, 0.1) is 5.69 Å². The molecule has 0 spiro atoms. The number of nitrogens with one attached hydrogen (secondary N) is 1. The number of hydrazone groups is 1. The lowest BCUT2D eigenvalue weighted by molar-refractivity contribution is 0.266. The number of hydrogen-bond acceptors (Lipinski definition) is 3. The summed E-state index contributed by atoms with van der Waals surface area (Å²) in [6.45, 7) is 5.31. The molecule has 0 saturated carbocycles. The molecule has 0 bridgehead atoms. The quantitative estimate of drug-likeness (QED) is 0.861. The molecule has 3 rings (SSSR count). The van der Waals surface area contributed by atoms with Gasteiger partial charge in [-0.25, -0.2) is 0 Å². The lowest BCUT2D eigenvalue weighted by Gasteiger charge is -2.27. The Kier molecular flexibility index (Phi) is 4.86. The van der Waals surface area contributed by atoms with Gasteiger partial charge in [-0.15, -0.1) is 0 Å². The summed E-state index contributed by atoms with van der Waals surface area (Å²) in [6.07, 6.45) is 2.09. The maximum atomic E-state index is 4.56. The largest absolute Gasteiger partial charge is 0.298 e. The van der Waals surface area contributed by atoms with Crippen molar-refractivity contribution in [1.29, 1.82) is 0 Å². The molecule has 0 atom stereocenters. The number of anilines is 1. The van der Waals surface area contributed by atoms with E-state index in [-0.39, 0.29) is 0 Å². The minimum Gasteiger partial charge on any atom is -0.298 e. The Morgan fingerprint density at radius 1 is 0.955 bits per heavy atom. The summed E-state index contributed by atoms with van der Waals surface area (Å²) >= 11 is 0. The molecule has 1 aliphatic rings. The number of likely N-dealkylation sites (tertiary alicyclic amines) is 1. The van der Waals surface area contributed by atoms with E-state index in [4.69, 9.17) is 0 Å². The Labute approximate surface area is 132 Å². The topological polar surface area (TPSA) is 27.6 Å². The molecule has 0 aliphatic carbocycles. The lowest BCUT2D eigenvalue weighted by atomic mass is 10.1. The molecule has 2 aromatic carbocycles. The van der Waals surface area contributed by atoms with E-state index in [0.717, 1.165) is 38.2 Å². The second-order valence-corrected chi connectivity index (χ2v) is 5.92. The zero-order chi connectivity index (χ0) is 15.2. The number of aryl methyl sites for hydroxylation is 1. The first-order chi connectivity index (χ1) is 10.8. The highest BCUT2D eigenvalue weighted by Crippen LogP contribution is 2.13. The summed E-state index contributed by atoms with van der Waals surface area (Å²) in [7, 11) is 0. The zero-order valence-electron chi connectivity index (χ0n) is 13.1. The molecular formula is C19H23N3. The molecule has 114 valence electrons. The molecule has 1 N–H and O–H groups in total. The van der Waals surface area contributed by atoms with Crippen molar-refractivity contribution in [2.75, 3.05) is 18.5 Å². The number of hydrogen-bond donors (Lipinski definition) is 1. The van der Waals surface area contributed by atoms with E-state index in [1.807, 2.05) is 0 Å². The van der Waals surface area contributed by atoms with Crippen molar-refractivity contribution in [2.45, 2.75) is 26.3 Å². The smallest absolute Gasteiger partial charge is 0.0561 e. The molecular weight excluding hydrogens is 270 g/mol. The van der Waals surface area contributed by atoms with Crippen molar-refractivity contribution in [3.8, 4) is 0 Å². The SMILES string of the molecule is Cc1ccc(NN=C2CCN(Cc3ccccc3)CC2)cc1. The van der Waals surface area contributed by atoms with Gasteiger partial charge in [0, 0.05) is 38.2 Å². The number of piperidine rings is 1. The van der Waals surface area contributed by atoms with E-state index >= 15 is 0 Å². The van der Waals surface area contributed by atoms with Crippen LogP contribution in [0.2, 0.25) is 0 Å². The van der Waals surface area contributed by atoms with E-state index in [2.05, 4.69) is 76.9 Å². The number of benzene rings is 2. The van der Waals surface area contributed by atoms with Crippen molar-refractivity contribution < 1.29 is 0 Å². The molecule has 1 aliphatic heterocycles. The van der Waals surface area contributed by atoms with Crippen LogP contribution >= 0.6 is 0 Å². The first kappa shape index (κ1) is 14.8. The van der Waals surface area contributed by atoms with Crippen molar-refractivity contribution >= 4 is 11.4 Å². The number of nitrogens with zero attached hydrogens (tertiary/aromatic N) is 2. The first-order valence-corrected chi connectivity index (χ1v) is 7.94. The standard InChI is InChI=1S/C19H23N3/c1-16-7-9-18(10-8-16)20-21-19-11-13-22(14-12-19)15-17-5-3-2-4-6-17/h2-10,20H,11-15H2,1H3. The summed E-state index contributed by atoms with van der Waals surface area (Å²) in [5, 5.41) is 4.56. The Morgan fingerprint density at radius 2 is 1.64 bits per heavy atom. The summed E-state index contributed by atoms with van der Waals surface area (Å²) in [6, 6.07) is 19.0. The van der Waals surface area contributed by atoms with Crippen LogP contribution in [0.5, 0.6) is 0 Å². The summed E-state index contributed by atoms with van der Waals surface area (Å²) < 4.78 is 0. The fourth-order valence-electron chi connectivity index (χ4n) is 2.69. The molecule has 1 heterocycles. The van der Waals surface area contributed by atoms with E-state index in [0.29, 0.717) is 0 Å². The van der Waals surface area contributed by atoms with Gasteiger partial charge in [-0.05, 0) is 24.6 Å². The minimum absolute atomic E-state index is 1.04. The molecule has 0 radical (unpaired) electrons. The second-order valence-electron chi connectivity index (χ2n) is 5.92. The normalized spacial score (nSPS) is 15.6. The van der Waals surface area contributed by atoms with Crippen LogP contribution in [-0.2, 0) is 6.54 Å². The predicted octanol–water partition coefficient (Wildman–Crippen LogP) is 4.06. The van der Waals surface area contributed by atoms with Gasteiger partial charge in [-0.1, -0.05) is 48.0 Å². The van der Waals surface area contributed by atoms with Crippen molar-refractivity contribution in [2.24, 2.45) is 5.10 Å². The molecule has 1 saturated heterocycles. The summed E-state index contributed by atoms with van der Waals surface area (Å²) in [4.78, 5) is 2.50. The van der Waals surface area contributed by atoms with Crippen LogP contribution in [0.3, 0.4) is 0 Å². The van der Waals surface area contributed by atoms with E-state index < -0.39 is 0 Å². The molecule has 22 heavy (non-hydrogen) atoms. The van der Waals surface area contributed by atoms with Crippen LogP contribution in [0, 0.1) is 6.92 Å². The van der Waals surface area contributed by atoms with Crippen molar-refractivity contribution in [3.63, 3.8) is 0 Å². The third-order valence-electron chi connectivity index (χ3n) is 4.08. The summed E-state index contributed by atoms with van der Waals surface area (Å²) in [5.74, 6) is 0. The predicted molar refractivity (Wildman–Crippen MR) is 93.2 cm³/mol. The maximum absolute atomic E-state index is 4.56. The third-order valence-corrected chi connectivity index (χ3v) is 4.08. The van der Waals surface area contributed by atoms with Gasteiger partial charge in [0.2, 0.25) is 0 Å². The van der Waals surface area contributed by atoms with Crippen molar-refractivity contribution in [3.05, 3.63) is 65.7 Å². The molecule has 3 heteroatoms. The highest BCUT2D eigenvalue weighted by molar-refractivity contribution is 5.86. The second kappa shape index (κ2) is 7.23. The van der Waals surface area contributed by atoms with Crippen LogP contribution in [0.4, 0.5) is 5.69 Å². The molecule has 2 aromatic rings. The minimum atomic E-state index is 1.04. The van der Waals surface area contributed by atoms with E-state index in [9.17, 15) is 0 Å². The highest BCUT2D eigenvalue weighted by atomic mass is 15.3. The van der Waals surface area contributed by atoms with Gasteiger partial charge in [-0.2, -0.15) is 5.10 Å². The van der Waals surface area contributed by atoms with E-state index in [1.54, 1.807) is 0 Å². The molecule has 1 fully saturated rings. The average molecular weight is 293 g/mol. The zero-order valence-corrected chi connectivity index (χ0v) is 13.1. The third kappa shape index (κ3) is 4.18. The van der Waals surface area contributed by atoms with Crippen LogP contribution in [-0.4, -0.2) is 23.7 Å². The molecule has 0 aromatic heterocycles. The average Bonchev–Trinajstić information content (AvgIpc) is 2.57. The van der Waals surface area contributed by atoms with Crippen molar-refractivity contribution in [1.82, 2.24) is 4.90 Å². The van der Waals surface area contributed by atoms with Gasteiger partial charge < -0.3 is 0 Å². The van der Waals surface area contributed by atoms with Gasteiger partial charge >= 0.3 is 0 Å². The van der Waals surface area contributed by atoms with Crippen LogP contribution in [0.15, 0.2) is 59.7 Å². The lowest BCUT2D eigenvalue weighted by Crippen LogP contribution is -2.33. The highest BCUT2D eigenvalue weighted by Gasteiger charge is 2.15. The van der Waals surface area contributed by atoms with Crippen LogP contribution in [0.1, 0.15) is 24.0 Å². The monoisotopic (exact) mass is 293 g/mol. The molecule has 0 unspecified atom stereocenters. The molecule has 0 amide bonds. The van der Waals surface area contributed by atoms with Crippen LogP contribution in [0.25, 0.3) is 0 Å². The van der Waals surface area contributed by atoms with Gasteiger partial charge in [-0.3, -0.25) is 10.3 Å². The van der Waals surface area contributed by atoms with Gasteiger partial charge in [0.1, 0.15) is 0 Å². The maximum Gasteiger partial charge on any atom is 0.0561 e. The fourth-order valence-corrected chi connectivity index (χ4v) is 2.69. The Bertz CT molecular complexity index is 607. The van der Waals surface area contributed by atoms with E-state index in [1.165, 1.54) is 16.8 Å². The Balaban J connectivity index is 1.49. The van der Waals surface area contributed by atoms with Gasteiger partial charge in [0.15, 0.2) is 0 Å². The fraction of sp³-hybridized carbons (Fsp3) is 0.316. The summed E-state index contributed by atoms with van der Waals surface area (Å²) in [5.41, 5.74) is 8.16. The van der Waals surface area contributed by atoms with Gasteiger partial charge in [0.25, 0.3) is 0 Å². The Hall–Kier alpha value is -2.13. The first-order valence-electron chi connectivity index (χ1n) is 7.94. The molecule has 3 nitrogen and oxygen atoms in total. The number of rotatable bonds is 4. The van der Waals surface area contributed by atoms with Crippen LogP contribution < -0.4 is 5.43 Å². The Morgan fingerprint density at radius 3 is 2.32 bits per heavy atom.